The first kappa shape index (κ1) is 6.84. The molecule has 0 spiro atoms. The van der Waals surface area contributed by atoms with Crippen molar-refractivity contribution in [3.63, 3.8) is 0 Å². The van der Waals surface area contributed by atoms with E-state index in [2.05, 4.69) is 4.98 Å². The van der Waals surface area contributed by atoms with E-state index in [0.717, 1.165) is 0 Å². The topological polar surface area (TPSA) is 76.5 Å². The van der Waals surface area contributed by atoms with Gasteiger partial charge in [0.1, 0.15) is 0 Å². The van der Waals surface area contributed by atoms with Crippen molar-refractivity contribution in [2.24, 2.45) is 0 Å². The van der Waals surface area contributed by atoms with Crippen LogP contribution in [-0.4, -0.2) is 20.3 Å². The molecular formula is C8H7NO3. The third-order valence-electron chi connectivity index (χ3n) is 1.78. The molecule has 12 heavy (non-hydrogen) atoms. The van der Waals surface area contributed by atoms with Gasteiger partial charge in [-0.1, -0.05) is 0 Å². The van der Waals surface area contributed by atoms with Crippen molar-refractivity contribution in [2.45, 2.75) is 0 Å². The second-order valence-corrected chi connectivity index (χ2v) is 2.53. The van der Waals surface area contributed by atoms with Gasteiger partial charge in [-0.15, -0.1) is 0 Å². The Hall–Kier alpha value is -1.84. The Morgan fingerprint density at radius 2 is 1.83 bits per heavy atom. The van der Waals surface area contributed by atoms with Gasteiger partial charge in [0.05, 0.1) is 5.52 Å². The zero-order valence-corrected chi connectivity index (χ0v) is 6.07. The van der Waals surface area contributed by atoms with Gasteiger partial charge in [-0.05, 0) is 12.1 Å². The molecule has 0 bridgehead atoms. The molecule has 62 valence electrons. The highest BCUT2D eigenvalue weighted by molar-refractivity contribution is 5.89. The monoisotopic (exact) mass is 165 g/mol. The van der Waals surface area contributed by atoms with Crippen LogP contribution in [0.1, 0.15) is 0 Å². The van der Waals surface area contributed by atoms with Crippen molar-refractivity contribution in [1.29, 1.82) is 0 Å². The van der Waals surface area contributed by atoms with Gasteiger partial charge in [-0.2, -0.15) is 0 Å². The molecule has 1 heterocycles. The molecule has 4 N–H and O–H groups in total. The third-order valence-corrected chi connectivity index (χ3v) is 1.78. The van der Waals surface area contributed by atoms with Crippen molar-refractivity contribution in [1.82, 2.24) is 4.98 Å². The predicted molar refractivity (Wildman–Crippen MR) is 43.3 cm³/mol. The summed E-state index contributed by atoms with van der Waals surface area (Å²) in [5.41, 5.74) is 0.422. The summed E-state index contributed by atoms with van der Waals surface area (Å²) in [6.45, 7) is 0. The van der Waals surface area contributed by atoms with Crippen LogP contribution < -0.4 is 0 Å². The number of aromatic nitrogens is 1. The fourth-order valence-corrected chi connectivity index (χ4v) is 1.16. The molecule has 0 aliphatic heterocycles. The zero-order valence-electron chi connectivity index (χ0n) is 6.07. The van der Waals surface area contributed by atoms with E-state index < -0.39 is 5.75 Å². The molecule has 0 saturated heterocycles. The Labute approximate surface area is 67.7 Å². The largest absolute Gasteiger partial charge is 0.504 e. The highest BCUT2D eigenvalue weighted by Crippen LogP contribution is 2.39. The maximum absolute atomic E-state index is 9.29. The average molecular weight is 165 g/mol. The number of hydrogen-bond acceptors (Lipinski definition) is 3. The molecule has 0 saturated carbocycles. The van der Waals surface area contributed by atoms with E-state index >= 15 is 0 Å². The molecule has 1 aromatic carbocycles. The van der Waals surface area contributed by atoms with Gasteiger partial charge in [0, 0.05) is 11.6 Å². The Balaban J connectivity index is 2.94. The van der Waals surface area contributed by atoms with Crippen LogP contribution in [0.2, 0.25) is 0 Å². The van der Waals surface area contributed by atoms with Crippen molar-refractivity contribution in [3.8, 4) is 17.2 Å². The van der Waals surface area contributed by atoms with Gasteiger partial charge in [-0.25, -0.2) is 0 Å². The smallest absolute Gasteiger partial charge is 0.202 e. The Morgan fingerprint density at radius 3 is 2.58 bits per heavy atom. The lowest BCUT2D eigenvalue weighted by molar-refractivity contribution is 0.371. The van der Waals surface area contributed by atoms with Crippen molar-refractivity contribution in [2.75, 3.05) is 0 Å². The maximum atomic E-state index is 9.29. The number of nitrogens with one attached hydrogen (secondary N) is 1. The summed E-state index contributed by atoms with van der Waals surface area (Å²) in [4.78, 5) is 2.73. The molecular weight excluding hydrogens is 158 g/mol. The van der Waals surface area contributed by atoms with Crippen molar-refractivity contribution in [3.05, 3.63) is 18.3 Å². The predicted octanol–water partition coefficient (Wildman–Crippen LogP) is 1.28. The van der Waals surface area contributed by atoms with E-state index in [9.17, 15) is 5.11 Å². The minimum atomic E-state index is -0.495. The van der Waals surface area contributed by atoms with Gasteiger partial charge in [-0.3, -0.25) is 0 Å². The second-order valence-electron chi connectivity index (χ2n) is 2.53. The molecule has 0 aliphatic carbocycles. The third kappa shape index (κ3) is 0.717. The number of benzene rings is 1. The normalized spacial score (nSPS) is 10.7. The van der Waals surface area contributed by atoms with Crippen LogP contribution in [0.3, 0.4) is 0 Å². The molecule has 4 heteroatoms. The number of fused-ring (bicyclic) bond motifs is 1. The average Bonchev–Trinajstić information content (AvgIpc) is 2.48. The quantitative estimate of drug-likeness (QED) is 0.444. The Kier molecular flexibility index (Phi) is 1.18. The van der Waals surface area contributed by atoms with Crippen LogP contribution in [0.25, 0.3) is 10.9 Å². The summed E-state index contributed by atoms with van der Waals surface area (Å²) in [5, 5.41) is 28.1. The summed E-state index contributed by atoms with van der Waals surface area (Å²) in [5.74, 6) is -1.14. The maximum Gasteiger partial charge on any atom is 0.202 e. The van der Waals surface area contributed by atoms with Crippen LogP contribution in [0.15, 0.2) is 18.3 Å². The van der Waals surface area contributed by atoms with Gasteiger partial charge in [0.25, 0.3) is 0 Å². The molecule has 2 rings (SSSR count). The second kappa shape index (κ2) is 2.07. The zero-order chi connectivity index (χ0) is 8.72. The molecule has 0 radical (unpaired) electrons. The summed E-state index contributed by atoms with van der Waals surface area (Å²) < 4.78 is 0. The number of phenolic OH excluding ortho intramolecular Hbond substituents is 3. The van der Waals surface area contributed by atoms with Crippen LogP contribution in [0.5, 0.6) is 17.2 Å². The number of H-pyrrole nitrogens is 1. The number of aromatic hydroxyl groups is 3. The highest BCUT2D eigenvalue weighted by atomic mass is 16.3. The molecule has 0 fully saturated rings. The first-order valence-corrected chi connectivity index (χ1v) is 3.41. The Bertz CT molecular complexity index is 433. The highest BCUT2D eigenvalue weighted by Gasteiger charge is 2.10. The number of aromatic amines is 1. The molecule has 1 aromatic heterocycles. The van der Waals surface area contributed by atoms with E-state index in [1.54, 1.807) is 12.3 Å². The summed E-state index contributed by atoms with van der Waals surface area (Å²) in [6, 6.07) is 3.06. The van der Waals surface area contributed by atoms with Gasteiger partial charge in [0.15, 0.2) is 11.5 Å². The first-order chi connectivity index (χ1) is 5.70. The number of hydrogen-bond donors (Lipinski definition) is 4. The molecule has 0 aliphatic rings. The van der Waals surface area contributed by atoms with E-state index in [0.29, 0.717) is 10.9 Å². The standard InChI is InChI=1S/C8H7NO3/c10-5-3-4-1-2-9-6(4)8(12)7(5)11/h1-3,9-12H. The molecule has 0 atom stereocenters. The van der Waals surface area contributed by atoms with E-state index in [-0.39, 0.29) is 11.5 Å². The van der Waals surface area contributed by atoms with Crippen molar-refractivity contribution < 1.29 is 15.3 Å². The van der Waals surface area contributed by atoms with Crippen LogP contribution in [-0.2, 0) is 0 Å². The summed E-state index contributed by atoms with van der Waals surface area (Å²) >= 11 is 0. The van der Waals surface area contributed by atoms with Crippen LogP contribution in [0, 0.1) is 0 Å². The number of phenols is 3. The lowest BCUT2D eigenvalue weighted by Gasteiger charge is -2.00. The van der Waals surface area contributed by atoms with E-state index in [1.165, 1.54) is 6.07 Å². The van der Waals surface area contributed by atoms with Gasteiger partial charge < -0.3 is 20.3 Å². The van der Waals surface area contributed by atoms with Crippen LogP contribution in [0.4, 0.5) is 0 Å². The Morgan fingerprint density at radius 1 is 1.08 bits per heavy atom. The van der Waals surface area contributed by atoms with Gasteiger partial charge in [0.2, 0.25) is 5.75 Å². The minimum Gasteiger partial charge on any atom is -0.504 e. The van der Waals surface area contributed by atoms with E-state index in [1.807, 2.05) is 0 Å². The van der Waals surface area contributed by atoms with Crippen molar-refractivity contribution >= 4 is 10.9 Å². The molecule has 4 nitrogen and oxygen atoms in total. The molecule has 0 amide bonds. The van der Waals surface area contributed by atoms with E-state index in [4.69, 9.17) is 10.2 Å². The fourth-order valence-electron chi connectivity index (χ4n) is 1.16. The lowest BCUT2D eigenvalue weighted by atomic mass is 10.2. The SMILES string of the molecule is Oc1cc2cc[nH]c2c(O)c1O. The summed E-state index contributed by atoms with van der Waals surface area (Å²) in [7, 11) is 0. The fraction of sp³-hybridized carbons (Fsp3) is 0. The van der Waals surface area contributed by atoms with Crippen LogP contribution >= 0.6 is 0 Å². The number of rotatable bonds is 0. The van der Waals surface area contributed by atoms with Gasteiger partial charge >= 0.3 is 0 Å². The lowest BCUT2D eigenvalue weighted by Crippen LogP contribution is -1.73. The first-order valence-electron chi connectivity index (χ1n) is 3.41. The molecule has 0 unspecified atom stereocenters. The summed E-state index contributed by atoms with van der Waals surface area (Å²) in [6.07, 6.45) is 1.61. The molecule has 2 aromatic rings. The minimum absolute atomic E-state index is 0.320.